The van der Waals surface area contributed by atoms with Gasteiger partial charge in [-0.3, -0.25) is 4.79 Å². The summed E-state index contributed by atoms with van der Waals surface area (Å²) in [6, 6.07) is 3.79. The van der Waals surface area contributed by atoms with Crippen molar-refractivity contribution >= 4 is 17.2 Å². The Balaban J connectivity index is 1.58. The van der Waals surface area contributed by atoms with Gasteiger partial charge >= 0.3 is 0 Å². The van der Waals surface area contributed by atoms with Gasteiger partial charge in [-0.15, -0.1) is 11.3 Å². The fourth-order valence-corrected chi connectivity index (χ4v) is 3.90. The number of β-amino-alcohol motifs (C(OH)–C–C–N with tert-alkyl or cyclic N) is 1. The molecule has 0 aliphatic carbocycles. The molecule has 1 amide bonds. The lowest BCUT2D eigenvalue weighted by atomic mass is 9.77. The molecule has 0 saturated carbocycles. The molecule has 0 bridgehead atoms. The summed E-state index contributed by atoms with van der Waals surface area (Å²) in [5.74, 6) is 0.419. The molecule has 2 aliphatic rings. The molecule has 2 saturated heterocycles. The summed E-state index contributed by atoms with van der Waals surface area (Å²) >= 11 is 1.48. The molecule has 5 nitrogen and oxygen atoms in total. The van der Waals surface area contributed by atoms with E-state index in [0.717, 1.165) is 35.7 Å². The second-order valence-corrected chi connectivity index (χ2v) is 6.91. The molecule has 1 aromatic rings. The highest BCUT2D eigenvalue weighted by Gasteiger charge is 2.43. The van der Waals surface area contributed by atoms with E-state index < -0.39 is 5.60 Å². The van der Waals surface area contributed by atoms with Gasteiger partial charge in [0.1, 0.15) is 0 Å². The average Bonchev–Trinajstić information content (AvgIpc) is 2.93. The predicted octanol–water partition coefficient (Wildman–Crippen LogP) is 0.393. The molecule has 0 aromatic carbocycles. The number of nitrogens with one attached hydrogen (secondary N) is 1. The molecule has 0 radical (unpaired) electrons. The number of piperidine rings is 1. The summed E-state index contributed by atoms with van der Waals surface area (Å²) < 4.78 is 0. The van der Waals surface area contributed by atoms with Crippen LogP contribution in [0.5, 0.6) is 0 Å². The van der Waals surface area contributed by atoms with Crippen LogP contribution in [0.2, 0.25) is 0 Å². The van der Waals surface area contributed by atoms with Crippen molar-refractivity contribution in [1.82, 2.24) is 10.2 Å². The van der Waals surface area contributed by atoms with Crippen LogP contribution in [0.1, 0.15) is 27.4 Å². The summed E-state index contributed by atoms with van der Waals surface area (Å²) in [6.45, 7) is 3.34. The van der Waals surface area contributed by atoms with Crippen molar-refractivity contribution in [1.29, 1.82) is 0 Å². The van der Waals surface area contributed by atoms with E-state index in [1.807, 2.05) is 17.0 Å². The predicted molar refractivity (Wildman–Crippen MR) is 78.7 cm³/mol. The van der Waals surface area contributed by atoms with Crippen LogP contribution in [0, 0.1) is 5.92 Å². The van der Waals surface area contributed by atoms with E-state index in [0.29, 0.717) is 25.6 Å². The number of nitrogens with two attached hydrogens (primary N) is 1. The highest BCUT2D eigenvalue weighted by Crippen LogP contribution is 2.32. The first kappa shape index (κ1) is 14.0. The van der Waals surface area contributed by atoms with Gasteiger partial charge in [0.05, 0.1) is 10.5 Å². The Bertz CT molecular complexity index is 490. The maximum absolute atomic E-state index is 12.4. The largest absolute Gasteiger partial charge is 0.387 e. The van der Waals surface area contributed by atoms with Gasteiger partial charge in [-0.25, -0.2) is 0 Å². The van der Waals surface area contributed by atoms with E-state index in [1.165, 1.54) is 11.3 Å². The molecule has 0 atom stereocenters. The minimum atomic E-state index is -0.537. The minimum absolute atomic E-state index is 0.104. The monoisotopic (exact) mass is 295 g/mol. The molecule has 4 N–H and O–H groups in total. The van der Waals surface area contributed by atoms with Crippen LogP contribution in [0.15, 0.2) is 12.1 Å². The zero-order valence-corrected chi connectivity index (χ0v) is 12.3. The van der Waals surface area contributed by atoms with Gasteiger partial charge in [0.15, 0.2) is 0 Å². The number of aliphatic hydroxyl groups is 1. The third-order valence-corrected chi connectivity index (χ3v) is 5.57. The van der Waals surface area contributed by atoms with Crippen molar-refractivity contribution in [3.05, 3.63) is 21.9 Å². The van der Waals surface area contributed by atoms with Gasteiger partial charge in [0.25, 0.3) is 5.91 Å². The Labute approximate surface area is 122 Å². The standard InChI is InChI=1S/C14H21N3O2S/c15-7-11-1-2-12(20-11)13(18)17-5-3-10(4-6-17)14(19)8-16-9-14/h1-2,10,16,19H,3-9,15H2. The molecular formula is C14H21N3O2S. The van der Waals surface area contributed by atoms with E-state index in [2.05, 4.69) is 5.32 Å². The normalized spacial score (nSPS) is 22.6. The zero-order valence-electron chi connectivity index (χ0n) is 11.5. The first-order chi connectivity index (χ1) is 9.62. The Kier molecular flexibility index (Phi) is 3.81. The highest BCUT2D eigenvalue weighted by atomic mass is 32.1. The molecule has 6 heteroatoms. The van der Waals surface area contributed by atoms with Crippen molar-refractivity contribution in [2.24, 2.45) is 11.7 Å². The van der Waals surface area contributed by atoms with E-state index in [9.17, 15) is 9.90 Å². The lowest BCUT2D eigenvalue weighted by molar-refractivity contribution is -0.0777. The average molecular weight is 295 g/mol. The van der Waals surface area contributed by atoms with E-state index >= 15 is 0 Å². The number of likely N-dealkylation sites (tertiary alicyclic amines) is 1. The minimum Gasteiger partial charge on any atom is -0.387 e. The fraction of sp³-hybridized carbons (Fsp3) is 0.643. The summed E-state index contributed by atoms with van der Waals surface area (Å²) in [5.41, 5.74) is 5.04. The van der Waals surface area contributed by atoms with Crippen molar-refractivity contribution in [2.45, 2.75) is 25.0 Å². The van der Waals surface area contributed by atoms with Gasteiger partial charge in [-0.1, -0.05) is 0 Å². The smallest absolute Gasteiger partial charge is 0.263 e. The Hall–Kier alpha value is -0.950. The van der Waals surface area contributed by atoms with Gasteiger partial charge in [0.2, 0.25) is 0 Å². The maximum atomic E-state index is 12.4. The highest BCUT2D eigenvalue weighted by molar-refractivity contribution is 7.14. The SMILES string of the molecule is NCc1ccc(C(=O)N2CCC(C3(O)CNC3)CC2)s1. The molecule has 110 valence electrons. The van der Waals surface area contributed by atoms with Gasteiger partial charge < -0.3 is 21.1 Å². The van der Waals surface area contributed by atoms with Crippen molar-refractivity contribution < 1.29 is 9.90 Å². The first-order valence-electron chi connectivity index (χ1n) is 7.13. The number of rotatable bonds is 3. The molecule has 1 aromatic heterocycles. The lowest BCUT2D eigenvalue weighted by Gasteiger charge is -2.47. The van der Waals surface area contributed by atoms with Crippen LogP contribution in [0.25, 0.3) is 0 Å². The number of carbonyl (C=O) groups excluding carboxylic acids is 1. The number of nitrogens with zero attached hydrogens (tertiary/aromatic N) is 1. The number of hydrogen-bond donors (Lipinski definition) is 3. The lowest BCUT2D eigenvalue weighted by Crippen LogP contribution is -2.65. The van der Waals surface area contributed by atoms with E-state index in [4.69, 9.17) is 5.73 Å². The molecule has 0 spiro atoms. The number of hydrogen-bond acceptors (Lipinski definition) is 5. The summed E-state index contributed by atoms with van der Waals surface area (Å²) in [7, 11) is 0. The van der Waals surface area contributed by atoms with Gasteiger partial charge in [-0.2, -0.15) is 0 Å². The van der Waals surface area contributed by atoms with Crippen LogP contribution in [0.4, 0.5) is 0 Å². The Morgan fingerprint density at radius 3 is 2.65 bits per heavy atom. The second-order valence-electron chi connectivity index (χ2n) is 5.74. The zero-order chi connectivity index (χ0) is 14.2. The first-order valence-corrected chi connectivity index (χ1v) is 7.95. The molecule has 2 fully saturated rings. The second kappa shape index (κ2) is 5.44. The van der Waals surface area contributed by atoms with E-state index in [1.54, 1.807) is 0 Å². The van der Waals surface area contributed by atoms with Gasteiger partial charge in [0, 0.05) is 37.6 Å². The van der Waals surface area contributed by atoms with Crippen molar-refractivity contribution in [3.63, 3.8) is 0 Å². The summed E-state index contributed by atoms with van der Waals surface area (Å²) in [4.78, 5) is 16.1. The van der Waals surface area contributed by atoms with Crippen molar-refractivity contribution in [2.75, 3.05) is 26.2 Å². The Morgan fingerprint density at radius 1 is 1.45 bits per heavy atom. The molecule has 0 unspecified atom stereocenters. The van der Waals surface area contributed by atoms with Crippen molar-refractivity contribution in [3.8, 4) is 0 Å². The quantitative estimate of drug-likeness (QED) is 0.754. The van der Waals surface area contributed by atoms with Gasteiger partial charge in [-0.05, 0) is 30.9 Å². The van der Waals surface area contributed by atoms with Crippen LogP contribution in [-0.2, 0) is 6.54 Å². The molecular weight excluding hydrogens is 274 g/mol. The number of thiophene rings is 1. The topological polar surface area (TPSA) is 78.6 Å². The third kappa shape index (κ3) is 2.48. The summed E-state index contributed by atoms with van der Waals surface area (Å²) in [5, 5.41) is 13.5. The van der Waals surface area contributed by atoms with Crippen LogP contribution in [0.3, 0.4) is 0 Å². The maximum Gasteiger partial charge on any atom is 0.263 e. The van der Waals surface area contributed by atoms with E-state index in [-0.39, 0.29) is 5.91 Å². The third-order valence-electron chi connectivity index (χ3n) is 4.48. The molecule has 3 rings (SSSR count). The summed E-state index contributed by atoms with van der Waals surface area (Å²) in [6.07, 6.45) is 1.78. The fourth-order valence-electron chi connectivity index (χ4n) is 3.05. The van der Waals surface area contributed by atoms with Crippen LogP contribution in [-0.4, -0.2) is 47.7 Å². The van der Waals surface area contributed by atoms with Crippen LogP contribution < -0.4 is 11.1 Å². The molecule has 3 heterocycles. The van der Waals surface area contributed by atoms with Crippen LogP contribution >= 0.6 is 11.3 Å². The Morgan fingerprint density at radius 2 is 2.15 bits per heavy atom. The molecule has 20 heavy (non-hydrogen) atoms. The number of amides is 1. The number of carbonyl (C=O) groups is 1. The molecule has 2 aliphatic heterocycles.